The van der Waals surface area contributed by atoms with Gasteiger partial charge in [-0.05, 0) is 45.4 Å². The molecule has 0 radical (unpaired) electrons. The van der Waals surface area contributed by atoms with Crippen molar-refractivity contribution >= 4 is 11.0 Å². The molecule has 4 nitrogen and oxygen atoms in total. The zero-order valence-electron chi connectivity index (χ0n) is 11.5. The Morgan fingerprint density at radius 3 is 2.83 bits per heavy atom. The van der Waals surface area contributed by atoms with Gasteiger partial charge in [-0.25, -0.2) is 4.98 Å². The van der Waals surface area contributed by atoms with Gasteiger partial charge in [0.2, 0.25) is 0 Å². The lowest BCUT2D eigenvalue weighted by atomic mass is 10.2. The van der Waals surface area contributed by atoms with Crippen molar-refractivity contribution < 1.29 is 4.74 Å². The van der Waals surface area contributed by atoms with Crippen molar-refractivity contribution in [2.75, 3.05) is 6.73 Å². The SMILES string of the molecule is Cc1ccc2nc(CNCOC(C)(C)C)[nH]c2c1. The number of nitrogens with zero attached hydrogens (tertiary/aromatic N) is 1. The van der Waals surface area contributed by atoms with Gasteiger partial charge >= 0.3 is 0 Å². The zero-order valence-corrected chi connectivity index (χ0v) is 11.5. The lowest BCUT2D eigenvalue weighted by Gasteiger charge is -2.19. The van der Waals surface area contributed by atoms with Crippen LogP contribution in [0.1, 0.15) is 32.2 Å². The summed E-state index contributed by atoms with van der Waals surface area (Å²) in [5.74, 6) is 0.938. The van der Waals surface area contributed by atoms with Crippen molar-refractivity contribution in [3.63, 3.8) is 0 Å². The molecule has 0 saturated heterocycles. The number of fused-ring (bicyclic) bond motifs is 1. The highest BCUT2D eigenvalue weighted by Gasteiger charge is 2.09. The minimum atomic E-state index is -0.113. The van der Waals surface area contributed by atoms with Crippen LogP contribution < -0.4 is 5.32 Å². The van der Waals surface area contributed by atoms with Crippen LogP contribution >= 0.6 is 0 Å². The summed E-state index contributed by atoms with van der Waals surface area (Å²) in [5, 5.41) is 3.22. The molecule has 0 spiro atoms. The highest BCUT2D eigenvalue weighted by atomic mass is 16.5. The number of rotatable bonds is 4. The predicted molar refractivity (Wildman–Crippen MR) is 73.4 cm³/mol. The number of hydrogen-bond acceptors (Lipinski definition) is 3. The number of ether oxygens (including phenoxy) is 1. The summed E-state index contributed by atoms with van der Waals surface area (Å²) >= 11 is 0. The number of benzene rings is 1. The predicted octanol–water partition coefficient (Wildman–Crippen LogP) is 2.73. The van der Waals surface area contributed by atoms with Crippen LogP contribution in [0.2, 0.25) is 0 Å². The van der Waals surface area contributed by atoms with Crippen LogP contribution in [0.5, 0.6) is 0 Å². The van der Waals surface area contributed by atoms with E-state index in [0.29, 0.717) is 13.3 Å². The highest BCUT2D eigenvalue weighted by Crippen LogP contribution is 2.13. The van der Waals surface area contributed by atoms with Crippen molar-refractivity contribution in [3.05, 3.63) is 29.6 Å². The Balaban J connectivity index is 1.92. The van der Waals surface area contributed by atoms with E-state index in [9.17, 15) is 0 Å². The Hall–Kier alpha value is -1.39. The van der Waals surface area contributed by atoms with Crippen LogP contribution in [-0.2, 0) is 11.3 Å². The topological polar surface area (TPSA) is 49.9 Å². The van der Waals surface area contributed by atoms with Crippen LogP contribution in [0.15, 0.2) is 18.2 Å². The first-order valence-corrected chi connectivity index (χ1v) is 6.24. The van der Waals surface area contributed by atoms with Gasteiger partial charge in [-0.1, -0.05) is 6.07 Å². The maximum Gasteiger partial charge on any atom is 0.121 e. The fraction of sp³-hybridized carbons (Fsp3) is 0.500. The van der Waals surface area contributed by atoms with Crippen LogP contribution in [0, 0.1) is 6.92 Å². The van der Waals surface area contributed by atoms with E-state index in [1.807, 2.05) is 26.8 Å². The molecule has 0 fully saturated rings. The largest absolute Gasteiger partial charge is 0.361 e. The number of H-pyrrole nitrogens is 1. The molecule has 0 saturated carbocycles. The third-order valence-electron chi connectivity index (χ3n) is 2.59. The number of hydrogen-bond donors (Lipinski definition) is 2. The molecular weight excluding hydrogens is 226 g/mol. The molecule has 1 aromatic heterocycles. The number of aromatic amines is 1. The monoisotopic (exact) mass is 247 g/mol. The lowest BCUT2D eigenvalue weighted by molar-refractivity contribution is -0.0140. The molecule has 1 aromatic carbocycles. The van der Waals surface area contributed by atoms with Gasteiger partial charge in [-0.2, -0.15) is 0 Å². The van der Waals surface area contributed by atoms with Gasteiger partial charge in [0.25, 0.3) is 0 Å². The van der Waals surface area contributed by atoms with Gasteiger partial charge in [0.1, 0.15) is 5.82 Å². The maximum atomic E-state index is 5.59. The molecule has 0 aliphatic rings. The second-order valence-electron chi connectivity index (χ2n) is 5.53. The summed E-state index contributed by atoms with van der Waals surface area (Å²) in [6.07, 6.45) is 0. The summed E-state index contributed by atoms with van der Waals surface area (Å²) < 4.78 is 5.59. The fourth-order valence-electron chi connectivity index (χ4n) is 1.70. The third kappa shape index (κ3) is 3.55. The Morgan fingerprint density at radius 2 is 2.11 bits per heavy atom. The molecule has 0 aliphatic heterocycles. The van der Waals surface area contributed by atoms with Gasteiger partial charge in [0, 0.05) is 0 Å². The molecule has 0 amide bonds. The van der Waals surface area contributed by atoms with Crippen molar-refractivity contribution in [2.24, 2.45) is 0 Å². The van der Waals surface area contributed by atoms with E-state index in [4.69, 9.17) is 4.74 Å². The van der Waals surface area contributed by atoms with Crippen molar-refractivity contribution in [3.8, 4) is 0 Å². The van der Waals surface area contributed by atoms with Crippen molar-refractivity contribution in [1.29, 1.82) is 0 Å². The van der Waals surface area contributed by atoms with E-state index in [0.717, 1.165) is 16.9 Å². The van der Waals surface area contributed by atoms with Crippen LogP contribution in [-0.4, -0.2) is 22.3 Å². The Kier molecular flexibility index (Phi) is 3.68. The molecule has 4 heteroatoms. The second-order valence-corrected chi connectivity index (χ2v) is 5.53. The van der Waals surface area contributed by atoms with Gasteiger partial charge in [0.05, 0.1) is 29.9 Å². The lowest BCUT2D eigenvalue weighted by Crippen LogP contribution is -2.27. The van der Waals surface area contributed by atoms with Crippen LogP contribution in [0.4, 0.5) is 0 Å². The van der Waals surface area contributed by atoms with E-state index in [1.165, 1.54) is 5.56 Å². The van der Waals surface area contributed by atoms with E-state index in [-0.39, 0.29) is 5.60 Å². The summed E-state index contributed by atoms with van der Waals surface area (Å²) in [7, 11) is 0. The van der Waals surface area contributed by atoms with Crippen molar-refractivity contribution in [1.82, 2.24) is 15.3 Å². The van der Waals surface area contributed by atoms with E-state index in [1.54, 1.807) is 0 Å². The van der Waals surface area contributed by atoms with Crippen LogP contribution in [0.25, 0.3) is 11.0 Å². The van der Waals surface area contributed by atoms with Gasteiger partial charge in [0.15, 0.2) is 0 Å². The second kappa shape index (κ2) is 5.08. The molecule has 18 heavy (non-hydrogen) atoms. The van der Waals surface area contributed by atoms with Crippen LogP contribution in [0.3, 0.4) is 0 Å². The fourth-order valence-corrected chi connectivity index (χ4v) is 1.70. The van der Waals surface area contributed by atoms with E-state index >= 15 is 0 Å². The minimum Gasteiger partial charge on any atom is -0.361 e. The first-order chi connectivity index (χ1) is 8.44. The Bertz CT molecular complexity index is 525. The number of nitrogens with one attached hydrogen (secondary N) is 2. The maximum absolute atomic E-state index is 5.59. The van der Waals surface area contributed by atoms with E-state index in [2.05, 4.69) is 34.3 Å². The smallest absolute Gasteiger partial charge is 0.121 e. The molecule has 98 valence electrons. The number of aryl methyl sites for hydroxylation is 1. The molecular formula is C14H21N3O. The summed E-state index contributed by atoms with van der Waals surface area (Å²) in [6.45, 7) is 9.41. The molecule has 0 unspecified atom stereocenters. The molecule has 0 bridgehead atoms. The minimum absolute atomic E-state index is 0.113. The molecule has 2 N–H and O–H groups in total. The average Bonchev–Trinajstić information content (AvgIpc) is 2.65. The zero-order chi connectivity index (χ0) is 13.2. The summed E-state index contributed by atoms with van der Waals surface area (Å²) in [4.78, 5) is 7.82. The van der Waals surface area contributed by atoms with Gasteiger partial charge in [-0.3, -0.25) is 5.32 Å². The summed E-state index contributed by atoms with van der Waals surface area (Å²) in [5.41, 5.74) is 3.22. The molecule has 0 atom stereocenters. The van der Waals surface area contributed by atoms with Crippen molar-refractivity contribution in [2.45, 2.75) is 39.8 Å². The standard InChI is InChI=1S/C14H21N3O/c1-10-5-6-11-12(7-10)17-13(16-11)8-15-9-18-14(2,3)4/h5-7,15H,8-9H2,1-4H3,(H,16,17). The molecule has 2 rings (SSSR count). The van der Waals surface area contributed by atoms with Gasteiger partial charge in [-0.15, -0.1) is 0 Å². The number of imidazole rings is 1. The highest BCUT2D eigenvalue weighted by molar-refractivity contribution is 5.75. The molecule has 2 aromatic rings. The Labute approximate surface area is 108 Å². The molecule has 0 aliphatic carbocycles. The van der Waals surface area contributed by atoms with Gasteiger partial charge < -0.3 is 9.72 Å². The first kappa shape index (κ1) is 13.1. The molecule has 1 heterocycles. The Morgan fingerprint density at radius 1 is 1.33 bits per heavy atom. The summed E-state index contributed by atoms with van der Waals surface area (Å²) in [6, 6.07) is 6.22. The quantitative estimate of drug-likeness (QED) is 0.645. The average molecular weight is 247 g/mol. The normalized spacial score (nSPS) is 12.2. The third-order valence-corrected chi connectivity index (χ3v) is 2.59. The number of aromatic nitrogens is 2. The van der Waals surface area contributed by atoms with E-state index < -0.39 is 0 Å². The first-order valence-electron chi connectivity index (χ1n) is 6.24.